The summed E-state index contributed by atoms with van der Waals surface area (Å²) in [7, 11) is 0. The zero-order chi connectivity index (χ0) is 32.2. The number of carbonyl (C=O) groups is 4. The largest absolute Gasteiger partial charge is 0.354 e. The Bertz CT molecular complexity index is 1580. The highest BCUT2D eigenvalue weighted by Gasteiger charge is 2.31. The predicted octanol–water partition coefficient (Wildman–Crippen LogP) is 0.192. The Morgan fingerprint density at radius 3 is 2.09 bits per heavy atom. The van der Waals surface area contributed by atoms with Crippen LogP contribution in [0.4, 0.5) is 0 Å². The van der Waals surface area contributed by atoms with E-state index in [9.17, 15) is 19.2 Å². The Balaban J connectivity index is 1.56. The first-order chi connectivity index (χ1) is 21.8. The van der Waals surface area contributed by atoms with E-state index in [0.29, 0.717) is 48.6 Å². The number of nitrogens with two attached hydrogens (primary N) is 1. The normalized spacial score (nSPS) is 13.0. The third kappa shape index (κ3) is 9.12. The highest BCUT2D eigenvalue weighted by Crippen LogP contribution is 2.18. The lowest BCUT2D eigenvalue weighted by molar-refractivity contribution is -0.132. The first kappa shape index (κ1) is 33.1. The van der Waals surface area contributed by atoms with Gasteiger partial charge in [-0.25, -0.2) is 9.97 Å². The van der Waals surface area contributed by atoms with Gasteiger partial charge in [-0.2, -0.15) is 12.6 Å². The Kier molecular flexibility index (Phi) is 12.0. The van der Waals surface area contributed by atoms with Gasteiger partial charge in [-0.3, -0.25) is 24.2 Å². The summed E-state index contributed by atoms with van der Waals surface area (Å²) >= 11 is 4.23. The zero-order valence-electron chi connectivity index (χ0n) is 24.9. The second-order valence-corrected chi connectivity index (χ2v) is 10.7. The number of amides is 4. The van der Waals surface area contributed by atoms with E-state index in [1.807, 2.05) is 31.2 Å². The van der Waals surface area contributed by atoms with Gasteiger partial charge in [-0.15, -0.1) is 0 Å². The minimum Gasteiger partial charge on any atom is -0.354 e. The van der Waals surface area contributed by atoms with Crippen molar-refractivity contribution in [1.82, 2.24) is 46.2 Å². The molecule has 238 valence electrons. The number of aromatic amines is 2. The van der Waals surface area contributed by atoms with Gasteiger partial charge in [-0.1, -0.05) is 25.1 Å². The molecule has 3 aromatic heterocycles. The van der Waals surface area contributed by atoms with Crippen LogP contribution in [-0.4, -0.2) is 85.5 Å². The van der Waals surface area contributed by atoms with Gasteiger partial charge in [0.15, 0.2) is 0 Å². The number of hydrogen-bond donors (Lipinski definition) is 8. The van der Waals surface area contributed by atoms with Crippen molar-refractivity contribution in [2.24, 2.45) is 5.73 Å². The van der Waals surface area contributed by atoms with Crippen LogP contribution in [-0.2, 0) is 33.6 Å². The second-order valence-electron chi connectivity index (χ2n) is 10.4. The standard InChI is InChI=1S/C30H38N10O4S/c1-2-22-21(10-18-6-3-4-7-23(18)37-22)27(41)38-24(11-19-13-32-16-35-19)29(43)39-25(12-20-14-33-17-36-20)30(44)40-26(15-45)28(42)34-9-5-8-31/h3-4,6-7,10,13-14,16-17,24-26,45H,2,5,8-9,11-12,15,31H2,1H3,(H,32,35)(H,33,36)(H,34,42)(H,38,41)(H,39,43)(H,40,44)/t24-,25-,26-/m0/s1. The minimum absolute atomic E-state index is 0.0307. The number of aryl methyl sites for hydroxylation is 1. The van der Waals surface area contributed by atoms with Crippen LogP contribution in [0.5, 0.6) is 0 Å². The summed E-state index contributed by atoms with van der Waals surface area (Å²) in [5.41, 5.74) is 8.38. The Hall–Kier alpha value is -4.76. The molecule has 3 atom stereocenters. The van der Waals surface area contributed by atoms with E-state index in [1.165, 1.54) is 18.9 Å². The molecule has 3 heterocycles. The molecule has 0 spiro atoms. The van der Waals surface area contributed by atoms with E-state index in [4.69, 9.17) is 5.73 Å². The van der Waals surface area contributed by atoms with Crippen LogP contribution in [0.1, 0.15) is 40.8 Å². The summed E-state index contributed by atoms with van der Waals surface area (Å²) in [6, 6.07) is 6.07. The molecule has 1 aromatic carbocycles. The predicted molar refractivity (Wildman–Crippen MR) is 171 cm³/mol. The minimum atomic E-state index is -1.12. The fraction of sp³-hybridized carbons (Fsp3) is 0.367. The lowest BCUT2D eigenvalue weighted by Crippen LogP contribution is -2.58. The van der Waals surface area contributed by atoms with E-state index in [0.717, 1.165) is 10.9 Å². The van der Waals surface area contributed by atoms with Crippen molar-refractivity contribution in [1.29, 1.82) is 0 Å². The number of thiol groups is 1. The van der Waals surface area contributed by atoms with Gasteiger partial charge in [-0.05, 0) is 31.5 Å². The van der Waals surface area contributed by atoms with Gasteiger partial charge in [0.2, 0.25) is 17.7 Å². The molecule has 0 aliphatic heterocycles. The molecule has 0 bridgehead atoms. The number of nitrogens with one attached hydrogen (secondary N) is 6. The molecule has 0 radical (unpaired) electrons. The molecule has 0 saturated heterocycles. The molecule has 0 saturated carbocycles. The number of carbonyl (C=O) groups excluding carboxylic acids is 4. The number of imidazole rings is 2. The topological polar surface area (TPSA) is 213 Å². The average molecular weight is 635 g/mol. The number of hydrogen-bond acceptors (Lipinski definition) is 9. The van der Waals surface area contributed by atoms with Crippen LogP contribution in [0.2, 0.25) is 0 Å². The fourth-order valence-electron chi connectivity index (χ4n) is 4.68. The van der Waals surface area contributed by atoms with Crippen LogP contribution in [0.3, 0.4) is 0 Å². The molecular formula is C30H38N10O4S. The first-order valence-corrected chi connectivity index (χ1v) is 15.3. The number of H-pyrrole nitrogens is 2. The summed E-state index contributed by atoms with van der Waals surface area (Å²) < 4.78 is 0. The van der Waals surface area contributed by atoms with Crippen LogP contribution in [0.15, 0.2) is 55.4 Å². The van der Waals surface area contributed by atoms with Crippen LogP contribution >= 0.6 is 12.6 Å². The third-order valence-corrected chi connectivity index (χ3v) is 7.46. The molecule has 14 nitrogen and oxygen atoms in total. The number of nitrogens with zero attached hydrogens (tertiary/aromatic N) is 3. The van der Waals surface area contributed by atoms with Crippen molar-refractivity contribution < 1.29 is 19.2 Å². The summed E-state index contributed by atoms with van der Waals surface area (Å²) in [4.78, 5) is 72.1. The smallest absolute Gasteiger partial charge is 0.253 e. The zero-order valence-corrected chi connectivity index (χ0v) is 25.8. The van der Waals surface area contributed by atoms with E-state index < -0.39 is 41.8 Å². The lowest BCUT2D eigenvalue weighted by atomic mass is 10.0. The van der Waals surface area contributed by atoms with Gasteiger partial charge in [0.1, 0.15) is 18.1 Å². The summed E-state index contributed by atoms with van der Waals surface area (Å²) in [6.45, 7) is 2.66. The van der Waals surface area contributed by atoms with Crippen LogP contribution in [0, 0.1) is 0 Å². The van der Waals surface area contributed by atoms with E-state index in [2.05, 4.69) is 58.8 Å². The van der Waals surface area contributed by atoms with Crippen molar-refractivity contribution in [2.45, 2.75) is 50.7 Å². The number of rotatable bonds is 16. The molecule has 15 heteroatoms. The van der Waals surface area contributed by atoms with Crippen LogP contribution < -0.4 is 27.0 Å². The Morgan fingerprint density at radius 1 is 0.889 bits per heavy atom. The average Bonchev–Trinajstić information content (AvgIpc) is 3.77. The van der Waals surface area contributed by atoms with E-state index >= 15 is 0 Å². The van der Waals surface area contributed by atoms with Gasteiger partial charge >= 0.3 is 0 Å². The molecule has 4 aromatic rings. The highest BCUT2D eigenvalue weighted by atomic mass is 32.1. The third-order valence-electron chi connectivity index (χ3n) is 7.09. The van der Waals surface area contributed by atoms with E-state index in [-0.39, 0.29) is 18.6 Å². The monoisotopic (exact) mass is 634 g/mol. The lowest BCUT2D eigenvalue weighted by Gasteiger charge is -2.25. The van der Waals surface area contributed by atoms with Crippen molar-refractivity contribution in [3.8, 4) is 0 Å². The molecule has 45 heavy (non-hydrogen) atoms. The number of pyridine rings is 1. The Labute approximate surface area is 265 Å². The van der Waals surface area contributed by atoms with Gasteiger partial charge in [0.25, 0.3) is 5.91 Å². The number of aromatic nitrogens is 5. The molecule has 0 unspecified atom stereocenters. The van der Waals surface area contributed by atoms with Crippen molar-refractivity contribution >= 4 is 47.2 Å². The van der Waals surface area contributed by atoms with Crippen molar-refractivity contribution in [2.75, 3.05) is 18.8 Å². The number of para-hydroxylation sites is 1. The second kappa shape index (κ2) is 16.4. The number of fused-ring (bicyclic) bond motifs is 1. The maximum absolute atomic E-state index is 13.8. The Morgan fingerprint density at radius 2 is 1.51 bits per heavy atom. The molecule has 4 amide bonds. The van der Waals surface area contributed by atoms with Gasteiger partial charge in [0, 0.05) is 54.3 Å². The maximum atomic E-state index is 13.8. The fourth-order valence-corrected chi connectivity index (χ4v) is 4.94. The number of benzene rings is 1. The van der Waals surface area contributed by atoms with Gasteiger partial charge < -0.3 is 37.0 Å². The van der Waals surface area contributed by atoms with Gasteiger partial charge in [0.05, 0.1) is 29.4 Å². The van der Waals surface area contributed by atoms with Crippen molar-refractivity contribution in [3.05, 3.63) is 78.0 Å². The summed E-state index contributed by atoms with van der Waals surface area (Å²) in [6.07, 6.45) is 7.21. The molecule has 8 N–H and O–H groups in total. The molecule has 4 rings (SSSR count). The summed E-state index contributed by atoms with van der Waals surface area (Å²) in [5, 5.41) is 11.8. The molecule has 0 aliphatic rings. The molecule has 0 aliphatic carbocycles. The SMILES string of the molecule is CCc1nc2ccccc2cc1C(=O)N[C@@H](Cc1cnc[nH]1)C(=O)N[C@@H](Cc1cnc[nH]1)C(=O)N[C@@H](CS)C(=O)NCCCN. The van der Waals surface area contributed by atoms with E-state index in [1.54, 1.807) is 12.3 Å². The molecule has 0 fully saturated rings. The highest BCUT2D eigenvalue weighted by molar-refractivity contribution is 7.80. The quantitative estimate of drug-likeness (QED) is 0.0628. The first-order valence-electron chi connectivity index (χ1n) is 14.7. The maximum Gasteiger partial charge on any atom is 0.253 e. The van der Waals surface area contributed by atoms with Crippen molar-refractivity contribution in [3.63, 3.8) is 0 Å². The summed E-state index contributed by atoms with van der Waals surface area (Å²) in [5.74, 6) is -2.09. The molecular weight excluding hydrogens is 596 g/mol. The van der Waals surface area contributed by atoms with Crippen LogP contribution in [0.25, 0.3) is 10.9 Å².